The van der Waals surface area contributed by atoms with Crippen LogP contribution < -0.4 is 15.8 Å². The van der Waals surface area contributed by atoms with Crippen LogP contribution in [0.5, 0.6) is 5.75 Å². The number of piperidine rings is 1. The van der Waals surface area contributed by atoms with Gasteiger partial charge >= 0.3 is 0 Å². The summed E-state index contributed by atoms with van der Waals surface area (Å²) in [6.45, 7) is 1.33. The number of nitrogens with one attached hydrogen (secondary N) is 1. The van der Waals surface area contributed by atoms with E-state index < -0.39 is 5.54 Å². The van der Waals surface area contributed by atoms with Crippen molar-refractivity contribution in [2.24, 2.45) is 5.73 Å². The summed E-state index contributed by atoms with van der Waals surface area (Å²) in [4.78, 5) is 26.9. The van der Waals surface area contributed by atoms with E-state index in [-0.39, 0.29) is 17.9 Å². The Bertz CT molecular complexity index is 647. The van der Waals surface area contributed by atoms with Crippen molar-refractivity contribution in [1.82, 2.24) is 10.2 Å². The van der Waals surface area contributed by atoms with Gasteiger partial charge in [0.2, 0.25) is 11.8 Å². The molecule has 1 saturated heterocycles. The molecule has 2 fully saturated rings. The van der Waals surface area contributed by atoms with Crippen molar-refractivity contribution < 1.29 is 14.3 Å². The maximum absolute atomic E-state index is 12.6. The lowest BCUT2D eigenvalue weighted by Gasteiger charge is -2.34. The fourth-order valence-corrected chi connectivity index (χ4v) is 3.96. The summed E-state index contributed by atoms with van der Waals surface area (Å²) in [5, 5.41) is 3.11. The number of hydrogen-bond acceptors (Lipinski definition) is 4. The molecule has 3 N–H and O–H groups in total. The normalized spacial score (nSPS) is 20.0. The van der Waals surface area contributed by atoms with Crippen LogP contribution in [0.4, 0.5) is 0 Å². The van der Waals surface area contributed by atoms with Crippen LogP contribution in [-0.4, -0.2) is 48.5 Å². The minimum absolute atomic E-state index is 0.0196. The number of para-hydroxylation sites is 1. The average Bonchev–Trinajstić information content (AvgIpc) is 3.11. The molecule has 0 unspecified atom stereocenters. The number of nitrogens with zero attached hydrogens (tertiary/aromatic N) is 1. The average molecular weight is 359 g/mol. The van der Waals surface area contributed by atoms with Gasteiger partial charge in [0.25, 0.3) is 0 Å². The van der Waals surface area contributed by atoms with Gasteiger partial charge in [0.15, 0.2) is 0 Å². The molecule has 1 heterocycles. The minimum atomic E-state index is -0.684. The zero-order valence-electron chi connectivity index (χ0n) is 15.5. The Morgan fingerprint density at radius 3 is 2.54 bits per heavy atom. The van der Waals surface area contributed by atoms with Crippen molar-refractivity contribution in [1.29, 1.82) is 0 Å². The summed E-state index contributed by atoms with van der Waals surface area (Å²) in [5.41, 5.74) is 6.44. The summed E-state index contributed by atoms with van der Waals surface area (Å²) >= 11 is 0. The van der Waals surface area contributed by atoms with Gasteiger partial charge in [0.1, 0.15) is 5.75 Å². The summed E-state index contributed by atoms with van der Waals surface area (Å²) in [6, 6.07) is 7.72. The number of amides is 2. The van der Waals surface area contributed by atoms with Gasteiger partial charge in [-0.15, -0.1) is 0 Å². The Hall–Kier alpha value is -2.08. The van der Waals surface area contributed by atoms with E-state index in [0.29, 0.717) is 19.5 Å². The zero-order chi connectivity index (χ0) is 18.6. The van der Waals surface area contributed by atoms with E-state index in [9.17, 15) is 9.59 Å². The SMILES string of the molecule is COc1ccccc1CC(=O)N1CCC(NC(=O)C2(N)CCCC2)CC1. The fraction of sp³-hybridized carbons (Fsp3) is 0.600. The van der Waals surface area contributed by atoms with Crippen LogP contribution in [0.1, 0.15) is 44.1 Å². The molecule has 6 nitrogen and oxygen atoms in total. The summed E-state index contributed by atoms with van der Waals surface area (Å²) < 4.78 is 5.32. The Kier molecular flexibility index (Phi) is 5.81. The largest absolute Gasteiger partial charge is 0.496 e. The molecule has 3 rings (SSSR count). The second-order valence-electron chi connectivity index (χ2n) is 7.48. The van der Waals surface area contributed by atoms with Crippen LogP contribution in [0.25, 0.3) is 0 Å². The van der Waals surface area contributed by atoms with Gasteiger partial charge in [-0.2, -0.15) is 0 Å². The molecule has 1 aromatic rings. The van der Waals surface area contributed by atoms with Crippen LogP contribution in [0.3, 0.4) is 0 Å². The van der Waals surface area contributed by atoms with Gasteiger partial charge in [-0.1, -0.05) is 31.0 Å². The lowest BCUT2D eigenvalue weighted by Crippen LogP contribution is -2.56. The van der Waals surface area contributed by atoms with E-state index in [1.54, 1.807) is 7.11 Å². The van der Waals surface area contributed by atoms with Gasteiger partial charge in [-0.05, 0) is 31.7 Å². The predicted octanol–water partition coefficient (Wildman–Crippen LogP) is 1.62. The van der Waals surface area contributed by atoms with Crippen LogP contribution in [0, 0.1) is 0 Å². The molecular weight excluding hydrogens is 330 g/mol. The van der Waals surface area contributed by atoms with Crippen LogP contribution in [0.15, 0.2) is 24.3 Å². The van der Waals surface area contributed by atoms with Crippen molar-refractivity contribution in [3.05, 3.63) is 29.8 Å². The molecular formula is C20H29N3O3. The number of ether oxygens (including phenoxy) is 1. The molecule has 1 saturated carbocycles. The third-order valence-corrected chi connectivity index (χ3v) is 5.67. The van der Waals surface area contributed by atoms with Crippen molar-refractivity contribution in [3.63, 3.8) is 0 Å². The fourth-order valence-electron chi connectivity index (χ4n) is 3.96. The number of likely N-dealkylation sites (tertiary alicyclic amines) is 1. The second-order valence-corrected chi connectivity index (χ2v) is 7.48. The van der Waals surface area contributed by atoms with Crippen molar-refractivity contribution in [2.75, 3.05) is 20.2 Å². The molecule has 1 aromatic carbocycles. The summed E-state index contributed by atoms with van der Waals surface area (Å²) in [5.74, 6) is 0.826. The van der Waals surface area contributed by atoms with E-state index in [1.165, 1.54) is 0 Å². The van der Waals surface area contributed by atoms with E-state index in [1.807, 2.05) is 29.2 Å². The van der Waals surface area contributed by atoms with Gasteiger partial charge < -0.3 is 20.7 Å². The smallest absolute Gasteiger partial charge is 0.240 e. The number of hydrogen-bond donors (Lipinski definition) is 2. The monoisotopic (exact) mass is 359 g/mol. The van der Waals surface area contributed by atoms with Crippen molar-refractivity contribution in [2.45, 2.75) is 56.5 Å². The topological polar surface area (TPSA) is 84.7 Å². The van der Waals surface area contributed by atoms with Gasteiger partial charge in [-0.25, -0.2) is 0 Å². The van der Waals surface area contributed by atoms with E-state index in [4.69, 9.17) is 10.5 Å². The Morgan fingerprint density at radius 1 is 1.23 bits per heavy atom. The van der Waals surface area contributed by atoms with E-state index in [2.05, 4.69) is 5.32 Å². The number of methoxy groups -OCH3 is 1. The lowest BCUT2D eigenvalue weighted by molar-refractivity contribution is -0.132. The molecule has 2 aliphatic rings. The molecule has 2 amide bonds. The highest BCUT2D eigenvalue weighted by Gasteiger charge is 2.38. The molecule has 0 radical (unpaired) electrons. The Morgan fingerprint density at radius 2 is 1.88 bits per heavy atom. The molecule has 0 atom stereocenters. The molecule has 0 bridgehead atoms. The quantitative estimate of drug-likeness (QED) is 0.837. The molecule has 1 aliphatic carbocycles. The summed E-state index contributed by atoms with van der Waals surface area (Å²) in [6.07, 6.45) is 5.50. The standard InChI is InChI=1S/C20H29N3O3/c1-26-17-7-3-2-6-15(17)14-18(24)23-12-8-16(9-13-23)22-19(25)20(21)10-4-5-11-20/h2-3,6-7,16H,4-5,8-14,21H2,1H3,(H,22,25). The molecule has 0 spiro atoms. The number of benzene rings is 1. The van der Waals surface area contributed by atoms with Crippen molar-refractivity contribution >= 4 is 11.8 Å². The lowest BCUT2D eigenvalue weighted by atomic mass is 9.96. The first-order chi connectivity index (χ1) is 12.5. The van der Waals surface area contributed by atoms with Crippen LogP contribution in [0.2, 0.25) is 0 Å². The highest BCUT2D eigenvalue weighted by atomic mass is 16.5. The third kappa shape index (κ3) is 4.18. The van der Waals surface area contributed by atoms with Gasteiger partial charge in [0, 0.05) is 24.7 Å². The highest BCUT2D eigenvalue weighted by Crippen LogP contribution is 2.28. The summed E-state index contributed by atoms with van der Waals surface area (Å²) in [7, 11) is 1.62. The van der Waals surface area contributed by atoms with E-state index in [0.717, 1.165) is 49.8 Å². The highest BCUT2D eigenvalue weighted by molar-refractivity contribution is 5.86. The van der Waals surface area contributed by atoms with E-state index >= 15 is 0 Å². The van der Waals surface area contributed by atoms with Crippen LogP contribution in [-0.2, 0) is 16.0 Å². The van der Waals surface area contributed by atoms with Gasteiger partial charge in [0.05, 0.1) is 19.1 Å². The molecule has 0 aromatic heterocycles. The predicted molar refractivity (Wildman–Crippen MR) is 99.8 cm³/mol. The number of rotatable bonds is 5. The first kappa shape index (κ1) is 18.7. The first-order valence-corrected chi connectivity index (χ1v) is 9.51. The first-order valence-electron chi connectivity index (χ1n) is 9.51. The minimum Gasteiger partial charge on any atom is -0.496 e. The second kappa shape index (κ2) is 8.08. The number of nitrogens with two attached hydrogens (primary N) is 1. The molecule has 26 heavy (non-hydrogen) atoms. The third-order valence-electron chi connectivity index (χ3n) is 5.67. The molecule has 1 aliphatic heterocycles. The molecule has 6 heteroatoms. The Labute approximate surface area is 155 Å². The van der Waals surface area contributed by atoms with Gasteiger partial charge in [-0.3, -0.25) is 9.59 Å². The molecule has 142 valence electrons. The number of carbonyl (C=O) groups excluding carboxylic acids is 2. The zero-order valence-corrected chi connectivity index (χ0v) is 15.5. The maximum atomic E-state index is 12.6. The van der Waals surface area contributed by atoms with Crippen molar-refractivity contribution in [3.8, 4) is 5.75 Å². The maximum Gasteiger partial charge on any atom is 0.240 e. The van der Waals surface area contributed by atoms with Crippen LogP contribution >= 0.6 is 0 Å². The Balaban J connectivity index is 1.48. The number of carbonyl (C=O) groups is 2.